The van der Waals surface area contributed by atoms with Gasteiger partial charge in [-0.25, -0.2) is 4.79 Å². The fourth-order valence-electron chi connectivity index (χ4n) is 2.88. The first-order chi connectivity index (χ1) is 14.3. The van der Waals surface area contributed by atoms with E-state index in [4.69, 9.17) is 21.1 Å². The summed E-state index contributed by atoms with van der Waals surface area (Å²) in [6, 6.07) is 10.7. The monoisotopic (exact) mass is 433 g/mol. The van der Waals surface area contributed by atoms with E-state index in [0.717, 1.165) is 24.8 Å². The van der Waals surface area contributed by atoms with Crippen molar-refractivity contribution in [2.45, 2.75) is 13.0 Å². The SMILES string of the molecule is CC(OC(=O)c1cc([N+](=O)[O-])ccc1Cl)C(=O)Nc1ccc(N2CCOCC2)cc1. The molecule has 0 saturated carbocycles. The summed E-state index contributed by atoms with van der Waals surface area (Å²) in [6.07, 6.45) is -1.13. The van der Waals surface area contributed by atoms with Crippen molar-refractivity contribution in [1.82, 2.24) is 0 Å². The van der Waals surface area contributed by atoms with Gasteiger partial charge in [-0.2, -0.15) is 0 Å². The Kier molecular flexibility index (Phi) is 6.86. The van der Waals surface area contributed by atoms with Crippen molar-refractivity contribution in [2.75, 3.05) is 36.5 Å². The molecule has 1 saturated heterocycles. The minimum Gasteiger partial charge on any atom is -0.449 e. The molecule has 1 fully saturated rings. The lowest BCUT2D eigenvalue weighted by molar-refractivity contribution is -0.384. The zero-order valence-electron chi connectivity index (χ0n) is 16.2. The molecule has 9 nitrogen and oxygen atoms in total. The van der Waals surface area contributed by atoms with Crippen LogP contribution < -0.4 is 10.2 Å². The van der Waals surface area contributed by atoms with Gasteiger partial charge in [-0.15, -0.1) is 0 Å². The Morgan fingerprint density at radius 2 is 1.87 bits per heavy atom. The van der Waals surface area contributed by atoms with E-state index in [0.29, 0.717) is 18.9 Å². The van der Waals surface area contributed by atoms with E-state index in [2.05, 4.69) is 10.2 Å². The molecule has 2 aromatic carbocycles. The van der Waals surface area contributed by atoms with Gasteiger partial charge in [0.15, 0.2) is 6.10 Å². The molecule has 0 radical (unpaired) electrons. The molecule has 1 N–H and O–H groups in total. The predicted molar refractivity (Wildman–Crippen MR) is 111 cm³/mol. The van der Waals surface area contributed by atoms with Crippen LogP contribution in [0.25, 0.3) is 0 Å². The van der Waals surface area contributed by atoms with Crippen LogP contribution in [0.2, 0.25) is 5.02 Å². The second-order valence-corrected chi connectivity index (χ2v) is 7.01. The minimum absolute atomic E-state index is 0.00286. The lowest BCUT2D eigenvalue weighted by atomic mass is 10.2. The number of rotatable bonds is 6. The molecule has 10 heteroatoms. The van der Waals surface area contributed by atoms with Gasteiger partial charge in [0.1, 0.15) is 0 Å². The van der Waals surface area contributed by atoms with E-state index in [-0.39, 0.29) is 16.3 Å². The van der Waals surface area contributed by atoms with E-state index >= 15 is 0 Å². The van der Waals surface area contributed by atoms with Crippen molar-refractivity contribution in [2.24, 2.45) is 0 Å². The quantitative estimate of drug-likeness (QED) is 0.422. The van der Waals surface area contributed by atoms with Gasteiger partial charge in [-0.1, -0.05) is 11.6 Å². The number of ether oxygens (including phenoxy) is 2. The van der Waals surface area contributed by atoms with Gasteiger partial charge >= 0.3 is 5.97 Å². The van der Waals surface area contributed by atoms with Crippen molar-refractivity contribution >= 4 is 40.5 Å². The van der Waals surface area contributed by atoms with Crippen LogP contribution in [0.1, 0.15) is 17.3 Å². The Bertz CT molecular complexity index is 944. The van der Waals surface area contributed by atoms with Gasteiger partial charge in [0, 0.05) is 36.6 Å². The topological polar surface area (TPSA) is 111 Å². The maximum atomic E-state index is 12.4. The first kappa shape index (κ1) is 21.5. The summed E-state index contributed by atoms with van der Waals surface area (Å²) in [5.74, 6) is -1.46. The van der Waals surface area contributed by atoms with E-state index in [1.54, 1.807) is 12.1 Å². The van der Waals surface area contributed by atoms with Gasteiger partial charge in [0.25, 0.3) is 11.6 Å². The second-order valence-electron chi connectivity index (χ2n) is 6.60. The number of hydrogen-bond donors (Lipinski definition) is 1. The van der Waals surface area contributed by atoms with Crippen molar-refractivity contribution in [3.05, 3.63) is 63.2 Å². The van der Waals surface area contributed by atoms with Crippen LogP contribution in [0.3, 0.4) is 0 Å². The second kappa shape index (κ2) is 9.55. The fraction of sp³-hybridized carbons (Fsp3) is 0.300. The highest BCUT2D eigenvalue weighted by atomic mass is 35.5. The summed E-state index contributed by atoms with van der Waals surface area (Å²) in [7, 11) is 0. The van der Waals surface area contributed by atoms with Crippen LogP contribution in [-0.2, 0) is 14.3 Å². The highest BCUT2D eigenvalue weighted by molar-refractivity contribution is 6.33. The molecule has 1 heterocycles. The molecule has 0 spiro atoms. The maximum Gasteiger partial charge on any atom is 0.340 e. The van der Waals surface area contributed by atoms with Crippen molar-refractivity contribution in [1.29, 1.82) is 0 Å². The number of halogens is 1. The number of benzene rings is 2. The van der Waals surface area contributed by atoms with E-state index in [1.165, 1.54) is 19.1 Å². The number of hydrogen-bond acceptors (Lipinski definition) is 7. The molecule has 1 amide bonds. The van der Waals surface area contributed by atoms with Crippen LogP contribution in [0.15, 0.2) is 42.5 Å². The van der Waals surface area contributed by atoms with Crippen LogP contribution in [0.5, 0.6) is 0 Å². The molecule has 1 aliphatic heterocycles. The summed E-state index contributed by atoms with van der Waals surface area (Å²) in [5, 5.41) is 13.6. The molecule has 0 aliphatic carbocycles. The molecule has 1 unspecified atom stereocenters. The molecule has 1 aliphatic rings. The molecule has 1 atom stereocenters. The number of nitro benzene ring substituents is 1. The summed E-state index contributed by atoms with van der Waals surface area (Å²) in [5.41, 5.74) is 1.09. The average molecular weight is 434 g/mol. The Morgan fingerprint density at radius 1 is 1.20 bits per heavy atom. The lowest BCUT2D eigenvalue weighted by Gasteiger charge is -2.28. The molecular formula is C20H20ClN3O6. The van der Waals surface area contributed by atoms with Gasteiger partial charge in [0.05, 0.1) is 28.7 Å². The number of carbonyl (C=O) groups excluding carboxylic acids is 2. The highest BCUT2D eigenvalue weighted by Crippen LogP contribution is 2.23. The summed E-state index contributed by atoms with van der Waals surface area (Å²) in [6.45, 7) is 4.37. The number of carbonyl (C=O) groups is 2. The number of morpholine rings is 1. The molecule has 30 heavy (non-hydrogen) atoms. The zero-order chi connectivity index (χ0) is 21.7. The first-order valence-electron chi connectivity index (χ1n) is 9.23. The van der Waals surface area contributed by atoms with Gasteiger partial charge in [-0.05, 0) is 37.3 Å². The number of nitrogens with one attached hydrogen (secondary N) is 1. The molecule has 2 aromatic rings. The molecule has 0 bridgehead atoms. The number of nitrogens with zero attached hydrogens (tertiary/aromatic N) is 2. The van der Waals surface area contributed by atoms with Gasteiger partial charge in [0.2, 0.25) is 0 Å². The number of anilines is 2. The number of non-ortho nitro benzene ring substituents is 1. The Hall–Kier alpha value is -3.17. The minimum atomic E-state index is -1.13. The maximum absolute atomic E-state index is 12.4. The Labute approximate surface area is 177 Å². The smallest absolute Gasteiger partial charge is 0.340 e. The molecule has 0 aromatic heterocycles. The van der Waals surface area contributed by atoms with E-state index in [1.807, 2.05) is 12.1 Å². The van der Waals surface area contributed by atoms with Crippen molar-refractivity contribution in [3.8, 4) is 0 Å². The third-order valence-electron chi connectivity index (χ3n) is 4.54. The summed E-state index contributed by atoms with van der Waals surface area (Å²) in [4.78, 5) is 37.1. The number of amides is 1. The molecular weight excluding hydrogens is 414 g/mol. The van der Waals surface area contributed by atoms with Gasteiger partial charge < -0.3 is 19.7 Å². The predicted octanol–water partition coefficient (Wildman–Crippen LogP) is 3.27. The zero-order valence-corrected chi connectivity index (χ0v) is 16.9. The largest absolute Gasteiger partial charge is 0.449 e. The standard InChI is InChI=1S/C20H20ClN3O6/c1-13(30-20(26)17-12-16(24(27)28)6-7-18(17)21)19(25)22-14-2-4-15(5-3-14)23-8-10-29-11-9-23/h2-7,12-13H,8-11H2,1H3,(H,22,25). The highest BCUT2D eigenvalue weighted by Gasteiger charge is 2.23. The number of nitro groups is 1. The van der Waals surface area contributed by atoms with Crippen molar-refractivity contribution in [3.63, 3.8) is 0 Å². The average Bonchev–Trinajstić information content (AvgIpc) is 2.74. The molecule has 158 valence electrons. The molecule has 3 rings (SSSR count). The Balaban J connectivity index is 1.60. The summed E-state index contributed by atoms with van der Waals surface area (Å²) >= 11 is 5.93. The van der Waals surface area contributed by atoms with Crippen molar-refractivity contribution < 1.29 is 24.0 Å². The van der Waals surface area contributed by atoms with Gasteiger partial charge in [-0.3, -0.25) is 14.9 Å². The van der Waals surface area contributed by atoms with E-state index < -0.39 is 22.9 Å². The summed E-state index contributed by atoms with van der Waals surface area (Å²) < 4.78 is 10.5. The fourth-order valence-corrected chi connectivity index (χ4v) is 3.08. The van der Waals surface area contributed by atoms with Crippen LogP contribution in [0.4, 0.5) is 17.1 Å². The normalized spacial score (nSPS) is 14.7. The first-order valence-corrected chi connectivity index (χ1v) is 9.61. The van der Waals surface area contributed by atoms with E-state index in [9.17, 15) is 19.7 Å². The third kappa shape index (κ3) is 5.25. The lowest BCUT2D eigenvalue weighted by Crippen LogP contribution is -2.36. The van der Waals surface area contributed by atoms with Crippen LogP contribution >= 0.6 is 11.6 Å². The van der Waals surface area contributed by atoms with Crippen LogP contribution in [0, 0.1) is 10.1 Å². The number of esters is 1. The Morgan fingerprint density at radius 3 is 2.50 bits per heavy atom. The third-order valence-corrected chi connectivity index (χ3v) is 4.87. The van der Waals surface area contributed by atoms with Crippen LogP contribution in [-0.4, -0.2) is 49.2 Å².